The summed E-state index contributed by atoms with van der Waals surface area (Å²) in [5.41, 5.74) is 0. The Morgan fingerprint density at radius 2 is 0.933 bits per heavy atom. The van der Waals surface area contributed by atoms with Gasteiger partial charge in [0.05, 0.1) is 26.2 Å². The van der Waals surface area contributed by atoms with E-state index in [-0.39, 0.29) is 0 Å². The Kier molecular flexibility index (Phi) is 10.1. The van der Waals surface area contributed by atoms with Crippen molar-refractivity contribution < 1.29 is 65.7 Å². The van der Waals surface area contributed by atoms with Gasteiger partial charge in [0.2, 0.25) is 0 Å². The standard InChI is InChI=1S/C8H20N.C6H3F11O3S/c1-5-9(6-2,7-3)8-4;7-2(8,1-21(18,19)20)3(9,10)4(11,12)5(13,14)6(15,16)17/h5-8H2,1-4H3;1H2,(H,18,19,20)/q+1;/p-1. The number of halogens is 11. The average molecular weight is 493 g/mol. The van der Waals surface area contributed by atoms with E-state index in [2.05, 4.69) is 27.7 Å². The maximum atomic E-state index is 12.7. The van der Waals surface area contributed by atoms with Crippen molar-refractivity contribution in [3.8, 4) is 0 Å². The highest BCUT2D eigenvalue weighted by Crippen LogP contribution is 2.57. The summed E-state index contributed by atoms with van der Waals surface area (Å²) in [5, 5.41) is 0. The van der Waals surface area contributed by atoms with Gasteiger partial charge in [-0.15, -0.1) is 0 Å². The topological polar surface area (TPSA) is 57.2 Å². The minimum absolute atomic E-state index is 1.28. The Morgan fingerprint density at radius 1 is 0.633 bits per heavy atom. The van der Waals surface area contributed by atoms with Gasteiger partial charge in [-0.1, -0.05) is 0 Å². The molecule has 0 aliphatic heterocycles. The summed E-state index contributed by atoms with van der Waals surface area (Å²) in [6.07, 6.45) is -7.34. The van der Waals surface area contributed by atoms with Gasteiger partial charge in [0.25, 0.3) is 0 Å². The first kappa shape index (κ1) is 31.3. The fraction of sp³-hybridized carbons (Fsp3) is 1.00. The van der Waals surface area contributed by atoms with Crippen LogP contribution in [0.3, 0.4) is 0 Å². The van der Waals surface area contributed by atoms with E-state index < -0.39 is 45.7 Å². The Bertz CT molecular complexity index is 626. The Balaban J connectivity index is 0. The largest absolute Gasteiger partial charge is 0.748 e. The van der Waals surface area contributed by atoms with E-state index in [0.29, 0.717) is 0 Å². The molecule has 0 saturated heterocycles. The molecular weight excluding hydrogens is 471 g/mol. The van der Waals surface area contributed by atoms with Crippen LogP contribution in [0.15, 0.2) is 0 Å². The van der Waals surface area contributed by atoms with Crippen LogP contribution in [-0.2, 0) is 10.1 Å². The van der Waals surface area contributed by atoms with E-state index in [1.54, 1.807) is 0 Å². The SMILES string of the molecule is CC[N+](CC)(CC)CC.O=S(=O)([O-])CC(F)(F)C(F)(F)C(F)(F)C(F)(F)C(F)(F)F. The molecule has 184 valence electrons. The molecule has 0 saturated carbocycles. The Morgan fingerprint density at radius 3 is 1.10 bits per heavy atom. The van der Waals surface area contributed by atoms with E-state index in [0.717, 1.165) is 0 Å². The molecule has 0 atom stereocenters. The summed E-state index contributed by atoms with van der Waals surface area (Å²) in [6.45, 7) is 14.2. The highest BCUT2D eigenvalue weighted by atomic mass is 32.2. The van der Waals surface area contributed by atoms with Gasteiger partial charge in [-0.3, -0.25) is 0 Å². The molecule has 0 radical (unpaired) electrons. The summed E-state index contributed by atoms with van der Waals surface area (Å²) in [4.78, 5) is 0. The lowest BCUT2D eigenvalue weighted by atomic mass is 9.99. The average Bonchev–Trinajstić information content (AvgIpc) is 2.54. The van der Waals surface area contributed by atoms with Crippen molar-refractivity contribution in [2.45, 2.75) is 57.6 Å². The molecule has 16 heteroatoms. The van der Waals surface area contributed by atoms with Gasteiger partial charge in [-0.2, -0.15) is 48.3 Å². The lowest BCUT2D eigenvalue weighted by Gasteiger charge is -2.37. The molecule has 0 N–H and O–H groups in total. The summed E-state index contributed by atoms with van der Waals surface area (Å²) < 4.78 is 166. The van der Waals surface area contributed by atoms with Gasteiger partial charge in [0.1, 0.15) is 15.9 Å². The van der Waals surface area contributed by atoms with Gasteiger partial charge in [0.15, 0.2) is 0 Å². The second-order valence-corrected chi connectivity index (χ2v) is 7.64. The monoisotopic (exact) mass is 493 g/mol. The van der Waals surface area contributed by atoms with E-state index in [1.165, 1.54) is 30.7 Å². The zero-order valence-electron chi connectivity index (χ0n) is 16.3. The molecule has 0 spiro atoms. The molecular formula is C14H22F11NO3S. The van der Waals surface area contributed by atoms with Crippen LogP contribution >= 0.6 is 0 Å². The molecule has 0 aromatic heterocycles. The van der Waals surface area contributed by atoms with Gasteiger partial charge >= 0.3 is 29.9 Å². The highest BCUT2D eigenvalue weighted by molar-refractivity contribution is 7.85. The van der Waals surface area contributed by atoms with Gasteiger partial charge in [0, 0.05) is 0 Å². The quantitative estimate of drug-likeness (QED) is 0.270. The molecule has 0 aliphatic carbocycles. The van der Waals surface area contributed by atoms with Crippen molar-refractivity contribution in [1.29, 1.82) is 0 Å². The van der Waals surface area contributed by atoms with Crippen LogP contribution in [0.2, 0.25) is 0 Å². The normalized spacial score (nSPS) is 14.9. The summed E-state index contributed by atoms with van der Waals surface area (Å²) in [6, 6.07) is 0. The van der Waals surface area contributed by atoms with Crippen LogP contribution in [0.25, 0.3) is 0 Å². The second-order valence-electron chi connectivity index (χ2n) is 6.23. The predicted molar refractivity (Wildman–Crippen MR) is 82.8 cm³/mol. The first-order chi connectivity index (χ1) is 12.9. The molecule has 0 aliphatic rings. The Hall–Kier alpha value is -0.900. The molecule has 0 rings (SSSR count). The highest BCUT2D eigenvalue weighted by Gasteiger charge is 2.87. The fourth-order valence-electron chi connectivity index (χ4n) is 2.26. The van der Waals surface area contributed by atoms with Crippen LogP contribution in [0, 0.1) is 0 Å². The summed E-state index contributed by atoms with van der Waals surface area (Å²) >= 11 is 0. The third-order valence-electron chi connectivity index (χ3n) is 4.65. The number of hydrogen-bond acceptors (Lipinski definition) is 3. The Labute approximate surface area is 166 Å². The molecule has 4 nitrogen and oxygen atoms in total. The molecule has 0 bridgehead atoms. The molecule has 0 heterocycles. The van der Waals surface area contributed by atoms with Crippen molar-refractivity contribution in [2.24, 2.45) is 0 Å². The van der Waals surface area contributed by atoms with E-state index in [1.807, 2.05) is 0 Å². The van der Waals surface area contributed by atoms with E-state index >= 15 is 0 Å². The molecule has 0 fully saturated rings. The third kappa shape index (κ3) is 6.55. The maximum Gasteiger partial charge on any atom is 0.460 e. The van der Waals surface area contributed by atoms with Gasteiger partial charge < -0.3 is 9.04 Å². The van der Waals surface area contributed by atoms with E-state index in [9.17, 15) is 61.3 Å². The molecule has 0 amide bonds. The number of rotatable bonds is 9. The number of nitrogens with zero attached hydrogens (tertiary/aromatic N) is 1. The molecule has 0 unspecified atom stereocenters. The van der Waals surface area contributed by atoms with Gasteiger partial charge in [-0.05, 0) is 27.7 Å². The van der Waals surface area contributed by atoms with Crippen molar-refractivity contribution in [1.82, 2.24) is 0 Å². The van der Waals surface area contributed by atoms with Crippen molar-refractivity contribution in [3.05, 3.63) is 0 Å². The molecule has 30 heavy (non-hydrogen) atoms. The zero-order valence-corrected chi connectivity index (χ0v) is 17.1. The van der Waals surface area contributed by atoms with Crippen LogP contribution in [0.1, 0.15) is 27.7 Å². The minimum Gasteiger partial charge on any atom is -0.748 e. The first-order valence-electron chi connectivity index (χ1n) is 8.31. The molecule has 0 aromatic carbocycles. The van der Waals surface area contributed by atoms with Crippen molar-refractivity contribution >= 4 is 10.1 Å². The fourth-order valence-corrected chi connectivity index (χ4v) is 2.88. The minimum atomic E-state index is -7.72. The molecule has 0 aromatic rings. The lowest BCUT2D eigenvalue weighted by molar-refractivity contribution is -0.921. The van der Waals surface area contributed by atoms with Crippen molar-refractivity contribution in [3.63, 3.8) is 0 Å². The third-order valence-corrected chi connectivity index (χ3v) is 5.36. The van der Waals surface area contributed by atoms with E-state index in [4.69, 9.17) is 0 Å². The van der Waals surface area contributed by atoms with Crippen molar-refractivity contribution in [2.75, 3.05) is 31.9 Å². The zero-order chi connectivity index (χ0) is 25.0. The number of alkyl halides is 11. The summed E-state index contributed by atoms with van der Waals surface area (Å²) in [5.74, 6) is -33.1. The predicted octanol–water partition coefficient (Wildman–Crippen LogP) is 4.52. The second kappa shape index (κ2) is 9.71. The van der Waals surface area contributed by atoms with Crippen LogP contribution in [0.4, 0.5) is 48.3 Å². The smallest absolute Gasteiger partial charge is 0.460 e. The van der Waals surface area contributed by atoms with Crippen LogP contribution in [-0.4, -0.2) is 79.3 Å². The van der Waals surface area contributed by atoms with Crippen LogP contribution in [0.5, 0.6) is 0 Å². The number of hydrogen-bond donors (Lipinski definition) is 0. The summed E-state index contributed by atoms with van der Waals surface area (Å²) in [7, 11) is -6.35. The van der Waals surface area contributed by atoms with Crippen LogP contribution < -0.4 is 0 Å². The first-order valence-corrected chi connectivity index (χ1v) is 9.89. The van der Waals surface area contributed by atoms with Gasteiger partial charge in [-0.25, -0.2) is 8.42 Å². The number of quaternary nitrogens is 1. The lowest BCUT2D eigenvalue weighted by Crippen LogP contribution is -2.67. The maximum absolute atomic E-state index is 12.7.